The van der Waals surface area contributed by atoms with E-state index in [0.29, 0.717) is 6.04 Å². The first-order valence-electron chi connectivity index (χ1n) is 7.10. The quantitative estimate of drug-likeness (QED) is 0.391. The number of benzene rings is 1. The Hall–Kier alpha value is -0.350. The lowest BCUT2D eigenvalue weighted by atomic mass is 9.95. The van der Waals surface area contributed by atoms with Crippen molar-refractivity contribution in [3.8, 4) is 0 Å². The Labute approximate surface area is 135 Å². The molecule has 0 saturated carbocycles. The lowest BCUT2D eigenvalue weighted by molar-refractivity contribution is -0.765. The van der Waals surface area contributed by atoms with E-state index in [1.165, 1.54) is 36.8 Å². The molecule has 20 heavy (non-hydrogen) atoms. The Morgan fingerprint density at radius 1 is 1.20 bits per heavy atom. The van der Waals surface area contributed by atoms with Crippen LogP contribution in [0.4, 0.5) is 0 Å². The summed E-state index contributed by atoms with van der Waals surface area (Å²) in [7, 11) is 2.31. The number of hydrogen-bond acceptors (Lipinski definition) is 2. The number of rotatable bonds is 2. The summed E-state index contributed by atoms with van der Waals surface area (Å²) < 4.78 is 2.00. The molecule has 1 aromatic rings. The monoisotopic (exact) mass is 324 g/mol. The minimum absolute atomic E-state index is 0.390. The average molecular weight is 325 g/mol. The lowest BCUT2D eigenvalue weighted by Crippen LogP contribution is -2.36. The molecule has 1 aliphatic heterocycles. The molecule has 1 aliphatic carbocycles. The highest BCUT2D eigenvalue weighted by molar-refractivity contribution is 8.20. The molecule has 2 aliphatic rings. The summed E-state index contributed by atoms with van der Waals surface area (Å²) in [6.07, 6.45) is 4.94. The summed E-state index contributed by atoms with van der Waals surface area (Å²) in [5, 5.41) is 0.797. The molecule has 4 heteroatoms. The summed E-state index contributed by atoms with van der Waals surface area (Å²) in [5.74, 6) is 0. The fourth-order valence-corrected chi connectivity index (χ4v) is 5.30. The number of allylic oxidation sites excluding steroid dienone is 1. The second kappa shape index (κ2) is 5.45. The zero-order valence-corrected chi connectivity index (χ0v) is 14.2. The largest absolute Gasteiger partial charge is 0.224 e. The molecule has 0 aromatic heterocycles. The zero-order valence-electron chi connectivity index (χ0n) is 11.9. The van der Waals surface area contributed by atoms with E-state index in [2.05, 4.69) is 26.1 Å². The fourth-order valence-electron chi connectivity index (χ4n) is 3.22. The third-order valence-electron chi connectivity index (χ3n) is 4.59. The van der Waals surface area contributed by atoms with Crippen LogP contribution in [0.15, 0.2) is 35.5 Å². The summed E-state index contributed by atoms with van der Waals surface area (Å²) in [5.41, 5.74) is 4.33. The van der Waals surface area contributed by atoms with Gasteiger partial charge in [0.1, 0.15) is 27.9 Å². The van der Waals surface area contributed by atoms with Crippen molar-refractivity contribution in [2.75, 3.05) is 7.05 Å². The minimum Gasteiger partial charge on any atom is -0.224 e. The van der Waals surface area contributed by atoms with Crippen LogP contribution in [0.5, 0.6) is 0 Å². The van der Waals surface area contributed by atoms with Gasteiger partial charge in [-0.15, -0.1) is 0 Å². The van der Waals surface area contributed by atoms with Gasteiger partial charge in [-0.05, 0) is 38.3 Å². The standard InChI is InChI=1S/C16H19ClNS2/c1-11(12-7-9-13(17)10-8-12)18(2)15-6-4-3-5-14(15)16(19)20-18/h7-11H,3-6H2,1-2H3/q+1/t11-,18?/m0/s1. The van der Waals surface area contributed by atoms with Crippen LogP contribution in [-0.4, -0.2) is 15.1 Å². The molecule has 0 bridgehead atoms. The van der Waals surface area contributed by atoms with Crippen LogP contribution >= 0.6 is 35.8 Å². The second-order valence-corrected chi connectivity index (χ2v) is 8.18. The van der Waals surface area contributed by atoms with E-state index in [1.54, 1.807) is 5.70 Å². The molecule has 0 saturated heterocycles. The van der Waals surface area contributed by atoms with Crippen molar-refractivity contribution >= 4 is 40.0 Å². The highest BCUT2D eigenvalue weighted by Gasteiger charge is 2.47. The third-order valence-corrected chi connectivity index (χ3v) is 6.64. The van der Waals surface area contributed by atoms with E-state index in [9.17, 15) is 0 Å². The van der Waals surface area contributed by atoms with E-state index < -0.39 is 0 Å². The van der Waals surface area contributed by atoms with Crippen molar-refractivity contribution in [3.05, 3.63) is 46.1 Å². The zero-order chi connectivity index (χ0) is 14.3. The van der Waals surface area contributed by atoms with Crippen LogP contribution in [0.1, 0.15) is 44.2 Å². The SMILES string of the molecule is C[C@@H](c1ccc(Cl)cc1)[N+]1(C)SC(=S)C2=C1CCCC2. The van der Waals surface area contributed by atoms with Crippen LogP contribution in [0, 0.1) is 0 Å². The summed E-state index contributed by atoms with van der Waals surface area (Å²) in [4.78, 5) is 0. The van der Waals surface area contributed by atoms with Crippen molar-refractivity contribution in [3.63, 3.8) is 0 Å². The van der Waals surface area contributed by atoms with Gasteiger partial charge in [0.25, 0.3) is 0 Å². The Bertz CT molecular complexity index is 579. The van der Waals surface area contributed by atoms with E-state index in [-0.39, 0.29) is 0 Å². The molecule has 106 valence electrons. The minimum atomic E-state index is 0.390. The normalized spacial score (nSPS) is 27.6. The Morgan fingerprint density at radius 2 is 1.85 bits per heavy atom. The van der Waals surface area contributed by atoms with E-state index >= 15 is 0 Å². The van der Waals surface area contributed by atoms with Gasteiger partial charge in [0, 0.05) is 22.6 Å². The highest BCUT2D eigenvalue weighted by atomic mass is 35.5. The van der Waals surface area contributed by atoms with Crippen LogP contribution < -0.4 is 0 Å². The molecule has 0 amide bonds. The molecule has 1 nitrogen and oxygen atoms in total. The molecular weight excluding hydrogens is 306 g/mol. The van der Waals surface area contributed by atoms with Crippen molar-refractivity contribution in [2.24, 2.45) is 0 Å². The van der Waals surface area contributed by atoms with Gasteiger partial charge in [0.2, 0.25) is 0 Å². The van der Waals surface area contributed by atoms with Gasteiger partial charge in [0.05, 0.1) is 7.05 Å². The van der Waals surface area contributed by atoms with Crippen molar-refractivity contribution < 1.29 is 3.89 Å². The molecule has 3 rings (SSSR count). The van der Waals surface area contributed by atoms with Gasteiger partial charge in [-0.25, -0.2) is 3.89 Å². The maximum Gasteiger partial charge on any atom is 0.138 e. The Balaban J connectivity index is 1.98. The van der Waals surface area contributed by atoms with Crippen LogP contribution in [-0.2, 0) is 0 Å². The predicted molar refractivity (Wildman–Crippen MR) is 91.7 cm³/mol. The molecule has 1 aromatic carbocycles. The molecule has 0 fully saturated rings. The predicted octanol–water partition coefficient (Wildman–Crippen LogP) is 5.66. The Morgan fingerprint density at radius 3 is 2.55 bits per heavy atom. The molecule has 1 unspecified atom stereocenters. The van der Waals surface area contributed by atoms with Crippen molar-refractivity contribution in [1.82, 2.24) is 0 Å². The van der Waals surface area contributed by atoms with Gasteiger partial charge in [-0.1, -0.05) is 36.0 Å². The van der Waals surface area contributed by atoms with Gasteiger partial charge < -0.3 is 0 Å². The van der Waals surface area contributed by atoms with Crippen LogP contribution in [0.3, 0.4) is 0 Å². The average Bonchev–Trinajstić information content (AvgIpc) is 2.72. The van der Waals surface area contributed by atoms with Gasteiger partial charge in [0.15, 0.2) is 0 Å². The van der Waals surface area contributed by atoms with Crippen LogP contribution in [0.25, 0.3) is 0 Å². The highest BCUT2D eigenvalue weighted by Crippen LogP contribution is 2.52. The van der Waals surface area contributed by atoms with E-state index in [1.807, 2.05) is 24.1 Å². The molecule has 0 spiro atoms. The number of quaternary nitrogens is 1. The van der Waals surface area contributed by atoms with Gasteiger partial charge in [-0.2, -0.15) is 0 Å². The second-order valence-electron chi connectivity index (χ2n) is 5.73. The topological polar surface area (TPSA) is 0 Å². The maximum atomic E-state index is 6.00. The summed E-state index contributed by atoms with van der Waals surface area (Å²) in [6, 6.07) is 8.63. The van der Waals surface area contributed by atoms with Gasteiger partial charge >= 0.3 is 0 Å². The first-order valence-corrected chi connectivity index (χ1v) is 8.66. The smallest absolute Gasteiger partial charge is 0.138 e. The summed E-state index contributed by atoms with van der Waals surface area (Å²) in [6.45, 7) is 2.30. The first kappa shape index (κ1) is 14.6. The molecule has 2 atom stereocenters. The van der Waals surface area contributed by atoms with Crippen molar-refractivity contribution in [1.29, 1.82) is 0 Å². The summed E-state index contributed by atoms with van der Waals surface area (Å²) >= 11 is 13.5. The number of halogens is 1. The molecule has 0 N–H and O–H groups in total. The van der Waals surface area contributed by atoms with Gasteiger partial charge in [-0.3, -0.25) is 0 Å². The van der Waals surface area contributed by atoms with Crippen molar-refractivity contribution in [2.45, 2.75) is 38.6 Å². The number of nitrogens with zero attached hydrogens (tertiary/aromatic N) is 1. The van der Waals surface area contributed by atoms with E-state index in [0.717, 1.165) is 13.1 Å². The number of thiocarbonyl (C=S) groups is 1. The number of hydrogen-bond donors (Lipinski definition) is 0. The third kappa shape index (κ3) is 2.35. The first-order chi connectivity index (χ1) is 9.52. The molecule has 1 heterocycles. The van der Waals surface area contributed by atoms with E-state index in [4.69, 9.17) is 23.8 Å². The maximum absolute atomic E-state index is 6.00. The molecular formula is C16H19ClNS2+. The molecule has 0 radical (unpaired) electrons. The Kier molecular flexibility index (Phi) is 3.97. The lowest BCUT2D eigenvalue weighted by Gasteiger charge is -2.36. The fraction of sp³-hybridized carbons (Fsp3) is 0.438. The van der Waals surface area contributed by atoms with Crippen LogP contribution in [0.2, 0.25) is 5.02 Å².